The van der Waals surface area contributed by atoms with Crippen molar-refractivity contribution < 1.29 is 14.6 Å². The lowest BCUT2D eigenvalue weighted by atomic mass is 10.2. The molecule has 0 aliphatic rings. The molecule has 0 spiro atoms. The van der Waals surface area contributed by atoms with Gasteiger partial charge in [-0.2, -0.15) is 9.78 Å². The minimum Gasteiger partial charge on any atom is -0.478 e. The Morgan fingerprint density at radius 1 is 1.44 bits per heavy atom. The third kappa shape index (κ3) is 2.48. The Kier molecular flexibility index (Phi) is 3.57. The molecule has 0 saturated heterocycles. The van der Waals surface area contributed by atoms with E-state index in [2.05, 4.69) is 10.1 Å². The van der Waals surface area contributed by atoms with Crippen molar-refractivity contribution in [3.8, 4) is 11.7 Å². The Balaban J connectivity index is 2.33. The molecule has 0 aliphatic carbocycles. The van der Waals surface area contributed by atoms with Crippen molar-refractivity contribution in [3.63, 3.8) is 0 Å². The Bertz CT molecular complexity index is 551. The van der Waals surface area contributed by atoms with E-state index in [1.807, 2.05) is 6.92 Å². The van der Waals surface area contributed by atoms with Gasteiger partial charge in [0.2, 0.25) is 5.88 Å². The van der Waals surface area contributed by atoms with E-state index in [1.165, 1.54) is 23.0 Å². The topological polar surface area (TPSA) is 77.2 Å². The van der Waals surface area contributed by atoms with Crippen LogP contribution in [0.15, 0.2) is 30.6 Å². The molecule has 0 aliphatic heterocycles. The second kappa shape index (κ2) is 5.31. The van der Waals surface area contributed by atoms with Crippen molar-refractivity contribution in [3.05, 3.63) is 36.2 Å². The first-order valence-electron chi connectivity index (χ1n) is 5.59. The molecule has 0 radical (unpaired) electrons. The molecule has 0 atom stereocenters. The smallest absolute Gasteiger partial charge is 0.335 e. The molecule has 18 heavy (non-hydrogen) atoms. The zero-order valence-electron chi connectivity index (χ0n) is 9.91. The number of ether oxygens (including phenoxy) is 1. The van der Waals surface area contributed by atoms with Gasteiger partial charge in [0.25, 0.3) is 0 Å². The molecule has 6 nitrogen and oxygen atoms in total. The number of carboxylic acid groups (broad SMARTS) is 1. The summed E-state index contributed by atoms with van der Waals surface area (Å²) in [6, 6.07) is 4.60. The van der Waals surface area contributed by atoms with E-state index in [0.717, 1.165) is 6.42 Å². The molecule has 0 amide bonds. The van der Waals surface area contributed by atoms with Crippen molar-refractivity contribution in [2.24, 2.45) is 0 Å². The van der Waals surface area contributed by atoms with Crippen molar-refractivity contribution in [2.45, 2.75) is 13.3 Å². The monoisotopic (exact) mass is 247 g/mol. The van der Waals surface area contributed by atoms with Gasteiger partial charge in [0, 0.05) is 12.3 Å². The van der Waals surface area contributed by atoms with Crippen LogP contribution >= 0.6 is 0 Å². The molecule has 0 bridgehead atoms. The normalized spacial score (nSPS) is 10.3. The Hall–Kier alpha value is -2.37. The van der Waals surface area contributed by atoms with Gasteiger partial charge in [-0.1, -0.05) is 6.92 Å². The first kappa shape index (κ1) is 12.1. The summed E-state index contributed by atoms with van der Waals surface area (Å²) in [7, 11) is 0. The standard InChI is InChI=1S/C12H13N3O3/c1-2-7-18-11-4-6-14-15(11)10-8-9(12(16)17)3-5-13-10/h3-6,8H,2,7H2,1H3,(H,16,17). The zero-order chi connectivity index (χ0) is 13.0. The van der Waals surface area contributed by atoms with E-state index in [4.69, 9.17) is 9.84 Å². The maximum absolute atomic E-state index is 10.9. The van der Waals surface area contributed by atoms with Gasteiger partial charge in [-0.25, -0.2) is 9.78 Å². The summed E-state index contributed by atoms with van der Waals surface area (Å²) < 4.78 is 6.97. The molecular weight excluding hydrogens is 234 g/mol. The van der Waals surface area contributed by atoms with Gasteiger partial charge >= 0.3 is 5.97 Å². The fourth-order valence-corrected chi connectivity index (χ4v) is 1.45. The molecule has 1 N–H and O–H groups in total. The van der Waals surface area contributed by atoms with Crippen molar-refractivity contribution in [2.75, 3.05) is 6.61 Å². The van der Waals surface area contributed by atoms with Gasteiger partial charge < -0.3 is 9.84 Å². The number of pyridine rings is 1. The van der Waals surface area contributed by atoms with Gasteiger partial charge in [0.05, 0.1) is 18.4 Å². The zero-order valence-corrected chi connectivity index (χ0v) is 9.91. The van der Waals surface area contributed by atoms with Gasteiger partial charge in [-0.3, -0.25) is 0 Å². The van der Waals surface area contributed by atoms with Crippen LogP contribution in [0.5, 0.6) is 5.88 Å². The molecule has 0 saturated carbocycles. The van der Waals surface area contributed by atoms with E-state index in [-0.39, 0.29) is 5.56 Å². The first-order chi connectivity index (χ1) is 8.72. The molecule has 2 heterocycles. The number of nitrogens with zero attached hydrogens (tertiary/aromatic N) is 3. The fraction of sp³-hybridized carbons (Fsp3) is 0.250. The lowest BCUT2D eigenvalue weighted by Gasteiger charge is -2.07. The van der Waals surface area contributed by atoms with Crippen LogP contribution in [0.1, 0.15) is 23.7 Å². The second-order valence-corrected chi connectivity index (χ2v) is 3.64. The number of hydrogen-bond donors (Lipinski definition) is 1. The number of carboxylic acids is 1. The van der Waals surface area contributed by atoms with Crippen molar-refractivity contribution >= 4 is 5.97 Å². The Labute approximate surface area is 104 Å². The van der Waals surface area contributed by atoms with E-state index in [1.54, 1.807) is 12.3 Å². The van der Waals surface area contributed by atoms with Crippen LogP contribution in [0, 0.1) is 0 Å². The average molecular weight is 247 g/mol. The van der Waals surface area contributed by atoms with Crippen molar-refractivity contribution in [1.29, 1.82) is 0 Å². The third-order valence-corrected chi connectivity index (χ3v) is 2.27. The lowest BCUT2D eigenvalue weighted by molar-refractivity contribution is 0.0696. The highest BCUT2D eigenvalue weighted by molar-refractivity contribution is 5.87. The number of rotatable bonds is 5. The lowest BCUT2D eigenvalue weighted by Crippen LogP contribution is -2.07. The van der Waals surface area contributed by atoms with Crippen LogP contribution in [0.4, 0.5) is 0 Å². The predicted molar refractivity (Wildman–Crippen MR) is 64.1 cm³/mol. The molecule has 2 aromatic heterocycles. The molecule has 6 heteroatoms. The van der Waals surface area contributed by atoms with Crippen LogP contribution in [0.2, 0.25) is 0 Å². The highest BCUT2D eigenvalue weighted by Crippen LogP contribution is 2.16. The summed E-state index contributed by atoms with van der Waals surface area (Å²) in [6.45, 7) is 2.58. The van der Waals surface area contributed by atoms with Gasteiger partial charge in [-0.15, -0.1) is 0 Å². The summed E-state index contributed by atoms with van der Waals surface area (Å²) in [5, 5.41) is 13.0. The minimum absolute atomic E-state index is 0.164. The highest BCUT2D eigenvalue weighted by Gasteiger charge is 2.10. The predicted octanol–water partition coefficient (Wildman–Crippen LogP) is 1.75. The van der Waals surface area contributed by atoms with Gasteiger partial charge in [0.15, 0.2) is 5.82 Å². The summed E-state index contributed by atoms with van der Waals surface area (Å²) >= 11 is 0. The molecule has 0 fully saturated rings. The van der Waals surface area contributed by atoms with Crippen LogP contribution in [-0.4, -0.2) is 32.4 Å². The van der Waals surface area contributed by atoms with Crippen LogP contribution in [0.25, 0.3) is 5.82 Å². The largest absolute Gasteiger partial charge is 0.478 e. The maximum atomic E-state index is 10.9. The Morgan fingerprint density at radius 2 is 2.28 bits per heavy atom. The van der Waals surface area contributed by atoms with E-state index >= 15 is 0 Å². The van der Waals surface area contributed by atoms with Crippen molar-refractivity contribution in [1.82, 2.24) is 14.8 Å². The SMILES string of the molecule is CCCOc1ccnn1-c1cc(C(=O)O)ccn1. The van der Waals surface area contributed by atoms with Crippen LogP contribution < -0.4 is 4.74 Å². The molecule has 0 aromatic carbocycles. The van der Waals surface area contributed by atoms with E-state index < -0.39 is 5.97 Å². The van der Waals surface area contributed by atoms with Gasteiger partial charge in [-0.05, 0) is 18.6 Å². The minimum atomic E-state index is -0.998. The molecular formula is C12H13N3O3. The summed E-state index contributed by atoms with van der Waals surface area (Å²) in [5.74, 6) is -0.0280. The first-order valence-corrected chi connectivity index (χ1v) is 5.59. The molecule has 2 aromatic rings. The summed E-state index contributed by atoms with van der Waals surface area (Å²) in [4.78, 5) is 15.0. The van der Waals surface area contributed by atoms with Gasteiger partial charge in [0.1, 0.15) is 0 Å². The van der Waals surface area contributed by atoms with Crippen LogP contribution in [0.3, 0.4) is 0 Å². The number of carbonyl (C=O) groups is 1. The summed E-state index contributed by atoms with van der Waals surface area (Å²) in [5.41, 5.74) is 0.164. The highest BCUT2D eigenvalue weighted by atomic mass is 16.5. The molecule has 0 unspecified atom stereocenters. The number of aromatic nitrogens is 3. The quantitative estimate of drug-likeness (QED) is 0.871. The van der Waals surface area contributed by atoms with E-state index in [9.17, 15) is 4.79 Å². The Morgan fingerprint density at radius 3 is 3.00 bits per heavy atom. The number of aromatic carboxylic acids is 1. The third-order valence-electron chi connectivity index (χ3n) is 2.27. The van der Waals surface area contributed by atoms with Crippen LogP contribution in [-0.2, 0) is 0 Å². The molecule has 94 valence electrons. The maximum Gasteiger partial charge on any atom is 0.335 e. The van der Waals surface area contributed by atoms with E-state index in [0.29, 0.717) is 18.3 Å². The fourth-order valence-electron chi connectivity index (χ4n) is 1.45. The molecule has 2 rings (SSSR count). The second-order valence-electron chi connectivity index (χ2n) is 3.64. The summed E-state index contributed by atoms with van der Waals surface area (Å²) in [6.07, 6.45) is 3.90. The number of hydrogen-bond acceptors (Lipinski definition) is 4. The average Bonchev–Trinajstić information content (AvgIpc) is 2.84.